The zero-order valence-electron chi connectivity index (χ0n) is 17.1. The van der Waals surface area contributed by atoms with Crippen LogP contribution < -0.4 is 14.8 Å². The number of hydrogen-bond acceptors (Lipinski definition) is 4. The number of imidazole rings is 1. The number of nitrogens with zero attached hydrogens (tertiary/aromatic N) is 3. The number of carbonyl (C=O) groups is 1. The predicted octanol–water partition coefficient (Wildman–Crippen LogP) is 3.97. The monoisotopic (exact) mass is 386 g/mol. The third-order valence-electron chi connectivity index (χ3n) is 5.22. The highest BCUT2D eigenvalue weighted by molar-refractivity contribution is 5.89. The van der Waals surface area contributed by atoms with Gasteiger partial charge in [0.05, 0.1) is 14.2 Å². The van der Waals surface area contributed by atoms with E-state index >= 15 is 0 Å². The molecule has 3 rings (SSSR count). The molecule has 1 N–H and O–H groups in total. The van der Waals surface area contributed by atoms with Gasteiger partial charge in [0.2, 0.25) is 0 Å². The number of ether oxygens (including phenoxy) is 2. The molecule has 28 heavy (non-hydrogen) atoms. The smallest absolute Gasteiger partial charge is 0.321 e. The van der Waals surface area contributed by atoms with E-state index in [0.29, 0.717) is 29.0 Å². The minimum atomic E-state index is -0.0840. The first kappa shape index (κ1) is 20.0. The first-order chi connectivity index (χ1) is 13.5. The number of likely N-dealkylation sites (tertiary alicyclic amines) is 1. The molecule has 2 heterocycles. The highest BCUT2D eigenvalue weighted by Crippen LogP contribution is 2.27. The van der Waals surface area contributed by atoms with Gasteiger partial charge in [-0.2, -0.15) is 0 Å². The van der Waals surface area contributed by atoms with E-state index in [1.165, 1.54) is 0 Å². The molecule has 7 heteroatoms. The van der Waals surface area contributed by atoms with Gasteiger partial charge >= 0.3 is 6.03 Å². The molecule has 0 saturated carbocycles. The first-order valence-electron chi connectivity index (χ1n) is 9.80. The Labute approximate surface area is 166 Å². The average Bonchev–Trinajstić information content (AvgIpc) is 3.16. The number of urea groups is 1. The number of piperidine rings is 1. The van der Waals surface area contributed by atoms with E-state index in [9.17, 15) is 4.79 Å². The number of nitrogens with one attached hydrogen (secondary N) is 1. The van der Waals surface area contributed by atoms with Crippen molar-refractivity contribution in [3.8, 4) is 11.5 Å². The Bertz CT molecular complexity index is 772. The van der Waals surface area contributed by atoms with Crippen LogP contribution in [0.25, 0.3) is 0 Å². The molecule has 0 radical (unpaired) electrons. The largest absolute Gasteiger partial charge is 0.497 e. The number of aromatic nitrogens is 2. The minimum absolute atomic E-state index is 0.0840. The number of carbonyl (C=O) groups excluding carboxylic acids is 1. The van der Waals surface area contributed by atoms with E-state index in [1.807, 2.05) is 11.1 Å². The van der Waals surface area contributed by atoms with Gasteiger partial charge in [-0.25, -0.2) is 9.78 Å². The third kappa shape index (κ3) is 4.77. The van der Waals surface area contributed by atoms with E-state index in [1.54, 1.807) is 32.4 Å². The molecule has 2 aromatic rings. The Hall–Kier alpha value is -2.70. The highest BCUT2D eigenvalue weighted by atomic mass is 16.5. The van der Waals surface area contributed by atoms with Crippen LogP contribution in [0.15, 0.2) is 30.6 Å². The summed E-state index contributed by atoms with van der Waals surface area (Å²) in [5, 5.41) is 2.96. The lowest BCUT2D eigenvalue weighted by Crippen LogP contribution is -2.41. The van der Waals surface area contributed by atoms with Crippen LogP contribution in [0, 0.1) is 5.92 Å². The summed E-state index contributed by atoms with van der Waals surface area (Å²) in [5.41, 5.74) is 0.670. The van der Waals surface area contributed by atoms with Crippen LogP contribution in [0.1, 0.15) is 38.4 Å². The van der Waals surface area contributed by atoms with Gasteiger partial charge in [-0.15, -0.1) is 0 Å². The number of methoxy groups -OCH3 is 2. The van der Waals surface area contributed by atoms with Crippen LogP contribution in [-0.2, 0) is 6.54 Å². The predicted molar refractivity (Wildman–Crippen MR) is 109 cm³/mol. The summed E-state index contributed by atoms with van der Waals surface area (Å²) in [7, 11) is 3.19. The van der Waals surface area contributed by atoms with Crippen molar-refractivity contribution < 1.29 is 14.3 Å². The van der Waals surface area contributed by atoms with Crippen molar-refractivity contribution in [1.82, 2.24) is 14.5 Å². The number of benzene rings is 1. The molecule has 0 spiro atoms. The van der Waals surface area contributed by atoms with Crippen molar-refractivity contribution in [3.05, 3.63) is 36.4 Å². The fraction of sp³-hybridized carbons (Fsp3) is 0.524. The number of rotatable bonds is 6. The average molecular weight is 386 g/mol. The summed E-state index contributed by atoms with van der Waals surface area (Å²) in [6.07, 6.45) is 5.92. The maximum absolute atomic E-state index is 12.7. The molecule has 1 saturated heterocycles. The van der Waals surface area contributed by atoms with Crippen molar-refractivity contribution >= 4 is 11.7 Å². The zero-order valence-corrected chi connectivity index (χ0v) is 17.1. The lowest BCUT2D eigenvalue weighted by molar-refractivity contribution is 0.176. The Morgan fingerprint density at radius 2 is 1.82 bits per heavy atom. The molecule has 7 nitrogen and oxygen atoms in total. The summed E-state index contributed by atoms with van der Waals surface area (Å²) >= 11 is 0. The topological polar surface area (TPSA) is 68.6 Å². The fourth-order valence-electron chi connectivity index (χ4n) is 3.65. The number of amides is 2. The van der Waals surface area contributed by atoms with E-state index < -0.39 is 0 Å². The molecule has 2 amide bonds. The zero-order chi connectivity index (χ0) is 20.1. The summed E-state index contributed by atoms with van der Waals surface area (Å²) in [6, 6.07) is 5.28. The Balaban J connectivity index is 1.54. The maximum atomic E-state index is 12.7. The molecular weight excluding hydrogens is 356 g/mol. The van der Waals surface area contributed by atoms with E-state index in [4.69, 9.17) is 9.47 Å². The molecule has 1 aliphatic rings. The van der Waals surface area contributed by atoms with Crippen LogP contribution in [-0.4, -0.2) is 47.8 Å². The van der Waals surface area contributed by atoms with Gasteiger partial charge in [0, 0.05) is 61.8 Å². The molecule has 0 bridgehead atoms. The van der Waals surface area contributed by atoms with E-state index in [-0.39, 0.29) is 6.03 Å². The van der Waals surface area contributed by atoms with Gasteiger partial charge in [-0.3, -0.25) is 0 Å². The Morgan fingerprint density at radius 1 is 1.18 bits per heavy atom. The van der Waals surface area contributed by atoms with Gasteiger partial charge in [0.15, 0.2) is 0 Å². The van der Waals surface area contributed by atoms with Gasteiger partial charge in [-0.05, 0) is 18.8 Å². The van der Waals surface area contributed by atoms with Crippen LogP contribution in [0.4, 0.5) is 10.5 Å². The molecule has 1 aromatic carbocycles. The van der Waals surface area contributed by atoms with Crippen molar-refractivity contribution in [2.45, 2.75) is 39.2 Å². The second-order valence-corrected chi connectivity index (χ2v) is 7.55. The molecule has 1 fully saturated rings. The molecule has 152 valence electrons. The highest BCUT2D eigenvalue weighted by Gasteiger charge is 2.24. The molecule has 0 aliphatic carbocycles. The van der Waals surface area contributed by atoms with Gasteiger partial charge in [0.1, 0.15) is 17.3 Å². The quantitative estimate of drug-likeness (QED) is 0.816. The van der Waals surface area contributed by atoms with Crippen molar-refractivity contribution in [1.29, 1.82) is 0 Å². The standard InChI is InChI=1S/C21H30N4O3/c1-15(2)20-22-7-10-25(20)14-16-5-8-24(9-6-16)21(26)23-17-11-18(27-3)13-19(12-17)28-4/h7,10-13,15-16H,5-6,8-9,14H2,1-4H3,(H,23,26). The van der Waals surface area contributed by atoms with Gasteiger partial charge in [0.25, 0.3) is 0 Å². The number of hydrogen-bond donors (Lipinski definition) is 1. The molecular formula is C21H30N4O3. The second kappa shape index (κ2) is 8.99. The van der Waals surface area contributed by atoms with Crippen LogP contribution in [0.3, 0.4) is 0 Å². The fourth-order valence-corrected chi connectivity index (χ4v) is 3.65. The van der Waals surface area contributed by atoms with Crippen molar-refractivity contribution in [2.24, 2.45) is 5.92 Å². The maximum Gasteiger partial charge on any atom is 0.321 e. The Morgan fingerprint density at radius 3 is 2.39 bits per heavy atom. The van der Waals surface area contributed by atoms with Crippen LogP contribution in [0.5, 0.6) is 11.5 Å². The van der Waals surface area contributed by atoms with Gasteiger partial charge < -0.3 is 24.3 Å². The number of anilines is 1. The summed E-state index contributed by atoms with van der Waals surface area (Å²) < 4.78 is 12.8. The molecule has 1 aliphatic heterocycles. The molecule has 0 unspecified atom stereocenters. The lowest BCUT2D eigenvalue weighted by atomic mass is 9.96. The summed E-state index contributed by atoms with van der Waals surface area (Å²) in [6.45, 7) is 6.81. The van der Waals surface area contributed by atoms with E-state index in [2.05, 4.69) is 34.9 Å². The van der Waals surface area contributed by atoms with Crippen LogP contribution >= 0.6 is 0 Å². The third-order valence-corrected chi connectivity index (χ3v) is 5.22. The Kier molecular flexibility index (Phi) is 6.44. The van der Waals surface area contributed by atoms with Gasteiger partial charge in [-0.1, -0.05) is 13.8 Å². The normalized spacial score (nSPS) is 15.0. The minimum Gasteiger partial charge on any atom is -0.497 e. The van der Waals surface area contributed by atoms with Crippen molar-refractivity contribution in [3.63, 3.8) is 0 Å². The van der Waals surface area contributed by atoms with Crippen LogP contribution in [0.2, 0.25) is 0 Å². The SMILES string of the molecule is COc1cc(NC(=O)N2CCC(Cn3ccnc3C(C)C)CC2)cc(OC)c1. The molecule has 0 atom stereocenters. The lowest BCUT2D eigenvalue weighted by Gasteiger charge is -2.32. The molecule has 1 aromatic heterocycles. The van der Waals surface area contributed by atoms with Crippen molar-refractivity contribution in [2.75, 3.05) is 32.6 Å². The second-order valence-electron chi connectivity index (χ2n) is 7.55. The summed E-state index contributed by atoms with van der Waals surface area (Å²) in [4.78, 5) is 19.0. The first-order valence-corrected chi connectivity index (χ1v) is 9.80. The van der Waals surface area contributed by atoms with E-state index in [0.717, 1.165) is 38.3 Å². The summed E-state index contributed by atoms with van der Waals surface area (Å²) in [5.74, 6) is 3.41.